The summed E-state index contributed by atoms with van der Waals surface area (Å²) in [6, 6.07) is -5.95. The van der Waals surface area contributed by atoms with E-state index in [2.05, 4.69) is 0 Å². The molecule has 1 heteroatoms. The van der Waals surface area contributed by atoms with Gasteiger partial charge < -0.3 is 5.11 Å². The van der Waals surface area contributed by atoms with E-state index in [1.807, 2.05) is 0 Å². The fraction of sp³-hybridized carbons (Fsp3) is 0. The van der Waals surface area contributed by atoms with Crippen LogP contribution in [-0.4, -0.2) is 5.11 Å². The molecular weight excluding hydrogens is 160 g/mol. The topological polar surface area (TPSA) is 20.2 Å². The standard InChI is InChI=1S/C12H10O/c13-12-8-6-11(7-9-12)10-4-2-1-3-5-10/h1-9,13H/i1D,2D,3D,4D,5D,6D,7D,8D,9D. The van der Waals surface area contributed by atoms with E-state index in [1.165, 1.54) is 0 Å². The lowest BCUT2D eigenvalue weighted by atomic mass is 10.1. The Balaban J connectivity index is 3.03. The molecule has 64 valence electrons. The molecule has 0 fully saturated rings. The molecule has 0 unspecified atom stereocenters. The lowest BCUT2D eigenvalue weighted by Gasteiger charge is -2.00. The molecule has 0 aliphatic heterocycles. The van der Waals surface area contributed by atoms with E-state index in [4.69, 9.17) is 12.3 Å². The molecule has 2 rings (SSSR count). The van der Waals surface area contributed by atoms with Gasteiger partial charge in [-0.3, -0.25) is 0 Å². The van der Waals surface area contributed by atoms with Crippen molar-refractivity contribution in [1.82, 2.24) is 0 Å². The van der Waals surface area contributed by atoms with E-state index >= 15 is 0 Å². The summed E-state index contributed by atoms with van der Waals surface area (Å²) in [6.07, 6.45) is 0. The highest BCUT2D eigenvalue weighted by Gasteiger charge is 1.94. The van der Waals surface area contributed by atoms with Crippen LogP contribution in [0.2, 0.25) is 0 Å². The summed E-state index contributed by atoms with van der Waals surface area (Å²) in [6.45, 7) is 0. The van der Waals surface area contributed by atoms with Gasteiger partial charge in [-0.15, -0.1) is 0 Å². The molecular formula is C12H10O. The second kappa shape index (κ2) is 3.31. The van der Waals surface area contributed by atoms with E-state index in [1.54, 1.807) is 0 Å². The van der Waals surface area contributed by atoms with Gasteiger partial charge in [-0.1, -0.05) is 42.3 Å². The molecule has 0 atom stereocenters. The minimum atomic E-state index is -0.855. The molecule has 0 radical (unpaired) electrons. The second-order valence-electron chi connectivity index (χ2n) is 2.22. The predicted octanol–water partition coefficient (Wildman–Crippen LogP) is 3.06. The zero-order valence-electron chi connectivity index (χ0n) is 15.4. The van der Waals surface area contributed by atoms with E-state index in [9.17, 15) is 5.11 Å². The van der Waals surface area contributed by atoms with Crippen LogP contribution in [0.25, 0.3) is 11.1 Å². The molecule has 0 amide bonds. The monoisotopic (exact) mass is 179 g/mol. The van der Waals surface area contributed by atoms with Gasteiger partial charge in [0.15, 0.2) is 0 Å². The molecule has 2 aromatic carbocycles. The third-order valence-corrected chi connectivity index (χ3v) is 1.36. The Morgan fingerprint density at radius 1 is 0.769 bits per heavy atom. The van der Waals surface area contributed by atoms with E-state index in [0.29, 0.717) is 0 Å². The van der Waals surface area contributed by atoms with Gasteiger partial charge in [0, 0.05) is 0 Å². The van der Waals surface area contributed by atoms with Crippen LogP contribution in [0.15, 0.2) is 54.4 Å². The van der Waals surface area contributed by atoms with Crippen molar-refractivity contribution in [2.75, 3.05) is 0 Å². The quantitative estimate of drug-likeness (QED) is 0.713. The molecule has 13 heavy (non-hydrogen) atoms. The molecule has 0 aromatic heterocycles. The first-order chi connectivity index (χ1) is 10.1. The van der Waals surface area contributed by atoms with Crippen molar-refractivity contribution in [3.8, 4) is 16.9 Å². The predicted molar refractivity (Wildman–Crippen MR) is 53.5 cm³/mol. The summed E-state index contributed by atoms with van der Waals surface area (Å²) >= 11 is 0. The van der Waals surface area contributed by atoms with Crippen LogP contribution in [-0.2, 0) is 0 Å². The molecule has 1 N–H and O–H groups in total. The number of rotatable bonds is 1. The van der Waals surface area contributed by atoms with Crippen molar-refractivity contribution < 1.29 is 17.4 Å². The van der Waals surface area contributed by atoms with Crippen molar-refractivity contribution in [3.63, 3.8) is 0 Å². The van der Waals surface area contributed by atoms with E-state index in [-0.39, 0.29) is 0 Å². The summed E-state index contributed by atoms with van der Waals surface area (Å²) in [5.41, 5.74) is -0.868. The third kappa shape index (κ3) is 1.70. The van der Waals surface area contributed by atoms with Crippen LogP contribution in [0.1, 0.15) is 12.3 Å². The first-order valence-electron chi connectivity index (χ1n) is 7.97. The highest BCUT2D eigenvalue weighted by molar-refractivity contribution is 5.63. The summed E-state index contributed by atoms with van der Waals surface area (Å²) in [5, 5.41) is 9.52. The number of hydrogen-bond acceptors (Lipinski definition) is 1. The lowest BCUT2D eigenvalue weighted by molar-refractivity contribution is 0.475. The van der Waals surface area contributed by atoms with Crippen LogP contribution < -0.4 is 0 Å². The Morgan fingerprint density at radius 2 is 1.31 bits per heavy atom. The molecule has 0 saturated carbocycles. The van der Waals surface area contributed by atoms with Gasteiger partial charge in [-0.25, -0.2) is 0 Å². The van der Waals surface area contributed by atoms with Crippen LogP contribution in [0.5, 0.6) is 5.75 Å². The van der Waals surface area contributed by atoms with Crippen LogP contribution >= 0.6 is 0 Å². The fourth-order valence-electron chi connectivity index (χ4n) is 0.806. The number of benzene rings is 2. The number of hydrogen-bond donors (Lipinski definition) is 1. The van der Waals surface area contributed by atoms with Gasteiger partial charge in [-0.05, 0) is 23.2 Å². The largest absolute Gasteiger partial charge is 0.508 e. The van der Waals surface area contributed by atoms with Crippen molar-refractivity contribution in [2.45, 2.75) is 0 Å². The average molecular weight is 179 g/mol. The second-order valence-corrected chi connectivity index (χ2v) is 2.22. The lowest BCUT2D eigenvalue weighted by Crippen LogP contribution is -1.74. The first-order valence-corrected chi connectivity index (χ1v) is 3.47. The highest BCUT2D eigenvalue weighted by Crippen LogP contribution is 2.20. The smallest absolute Gasteiger partial charge is 0.115 e. The van der Waals surface area contributed by atoms with Crippen LogP contribution in [0.3, 0.4) is 0 Å². The van der Waals surface area contributed by atoms with Gasteiger partial charge >= 0.3 is 0 Å². The SMILES string of the molecule is [2H]c1c([2H])c([2H])c(-c2c([2H])c([2H])c(O)c([2H])c2[2H])c([2H])c1[2H]. The Morgan fingerprint density at radius 3 is 1.92 bits per heavy atom. The normalized spacial score (nSPS) is 19.5. The maximum Gasteiger partial charge on any atom is 0.115 e. The Hall–Kier alpha value is -1.76. The number of aromatic hydroxyl groups is 1. The molecule has 0 heterocycles. The van der Waals surface area contributed by atoms with E-state index < -0.39 is 71.3 Å². The van der Waals surface area contributed by atoms with Crippen molar-refractivity contribution in [2.24, 2.45) is 0 Å². The zero-order valence-corrected chi connectivity index (χ0v) is 6.45. The van der Waals surface area contributed by atoms with E-state index in [0.717, 1.165) is 0 Å². The molecule has 0 spiro atoms. The highest BCUT2D eigenvalue weighted by atomic mass is 16.3. The minimum absolute atomic E-state index is 0.428. The Kier molecular flexibility index (Phi) is 0.666. The first kappa shape index (κ1) is 2.61. The summed E-state index contributed by atoms with van der Waals surface area (Å²) in [4.78, 5) is 0. The molecule has 0 saturated heterocycles. The number of phenols is 1. The van der Waals surface area contributed by atoms with Gasteiger partial charge in [0.1, 0.15) is 5.75 Å². The minimum Gasteiger partial charge on any atom is -0.508 e. The van der Waals surface area contributed by atoms with Crippen LogP contribution in [0, 0.1) is 0 Å². The molecule has 0 bridgehead atoms. The Bertz CT molecular complexity index is 675. The van der Waals surface area contributed by atoms with Crippen LogP contribution in [0.4, 0.5) is 0 Å². The van der Waals surface area contributed by atoms with Gasteiger partial charge in [-0.2, -0.15) is 0 Å². The fourth-order valence-corrected chi connectivity index (χ4v) is 0.806. The Labute approximate surface area is 89.9 Å². The third-order valence-electron chi connectivity index (χ3n) is 1.36. The maximum absolute atomic E-state index is 9.52. The van der Waals surface area contributed by atoms with Gasteiger partial charge in [0.05, 0.1) is 12.3 Å². The van der Waals surface area contributed by atoms with Gasteiger partial charge in [0.25, 0.3) is 0 Å². The van der Waals surface area contributed by atoms with Gasteiger partial charge in [0.2, 0.25) is 0 Å². The molecule has 2 aromatic rings. The average Bonchev–Trinajstić information content (AvgIpc) is 2.50. The van der Waals surface area contributed by atoms with Crippen molar-refractivity contribution in [3.05, 3.63) is 54.4 Å². The number of phenolic OH excluding ortho intramolecular Hbond substituents is 1. The van der Waals surface area contributed by atoms with Crippen molar-refractivity contribution >= 4 is 0 Å². The van der Waals surface area contributed by atoms with Crippen molar-refractivity contribution in [1.29, 1.82) is 0 Å². The summed E-state index contributed by atoms with van der Waals surface area (Å²) in [7, 11) is 0. The maximum atomic E-state index is 9.52. The molecule has 0 aliphatic rings. The summed E-state index contributed by atoms with van der Waals surface area (Å²) in [5.74, 6) is -0.855. The molecule has 0 aliphatic carbocycles. The molecule has 1 nitrogen and oxygen atoms in total. The summed E-state index contributed by atoms with van der Waals surface area (Å²) < 4.78 is 69.2. The zero-order chi connectivity index (χ0) is 16.9.